The first kappa shape index (κ1) is 17.5. The molecule has 3 aromatic carbocycles. The van der Waals surface area contributed by atoms with Crippen LogP contribution in [-0.4, -0.2) is 26.1 Å². The van der Waals surface area contributed by atoms with Crippen LogP contribution in [0.25, 0.3) is 22.5 Å². The van der Waals surface area contributed by atoms with E-state index in [1.165, 1.54) is 22.9 Å². The van der Waals surface area contributed by atoms with Crippen LogP contribution in [0.3, 0.4) is 0 Å². The Hall–Kier alpha value is -3.87. The van der Waals surface area contributed by atoms with Gasteiger partial charge in [-0.05, 0) is 58.0 Å². The highest BCUT2D eigenvalue weighted by atomic mass is 19.1. The predicted octanol–water partition coefficient (Wildman–Crippen LogP) is 3.91. The second kappa shape index (κ2) is 7.40. The van der Waals surface area contributed by atoms with Crippen LogP contribution < -0.4 is 5.32 Å². The van der Waals surface area contributed by atoms with Crippen LogP contribution >= 0.6 is 0 Å². The lowest BCUT2D eigenvalue weighted by atomic mass is 10.0. The quantitative estimate of drug-likeness (QED) is 0.551. The van der Waals surface area contributed by atoms with Gasteiger partial charge in [-0.15, -0.1) is 5.10 Å². The maximum atomic E-state index is 14.1. The summed E-state index contributed by atoms with van der Waals surface area (Å²) in [5.74, 6) is -0.418. The number of nitrogens with one attached hydrogen (secondary N) is 1. The van der Waals surface area contributed by atoms with E-state index in [2.05, 4.69) is 20.8 Å². The van der Waals surface area contributed by atoms with Crippen molar-refractivity contribution in [3.8, 4) is 5.69 Å². The van der Waals surface area contributed by atoms with Crippen LogP contribution in [-0.2, 0) is 4.79 Å². The van der Waals surface area contributed by atoms with Gasteiger partial charge < -0.3 is 5.32 Å². The summed E-state index contributed by atoms with van der Waals surface area (Å²) in [4.78, 5) is 12.3. The van der Waals surface area contributed by atoms with Gasteiger partial charge >= 0.3 is 0 Å². The summed E-state index contributed by atoms with van der Waals surface area (Å²) in [5.41, 5.74) is 1.52. The van der Waals surface area contributed by atoms with Gasteiger partial charge in [0, 0.05) is 6.08 Å². The fourth-order valence-electron chi connectivity index (χ4n) is 2.95. The van der Waals surface area contributed by atoms with Crippen LogP contribution in [0, 0.1) is 12.7 Å². The van der Waals surface area contributed by atoms with E-state index in [1.807, 2.05) is 42.5 Å². The minimum absolute atomic E-state index is 0.0555. The van der Waals surface area contributed by atoms with E-state index in [4.69, 9.17) is 0 Å². The SMILES string of the molecule is Cc1nnnn1-c1ccc(F)c(NC(=O)/C=C/c2cccc3ccccc23)c1. The van der Waals surface area contributed by atoms with Crippen LogP contribution in [0.5, 0.6) is 0 Å². The number of hydrogen-bond acceptors (Lipinski definition) is 4. The van der Waals surface area contributed by atoms with Crippen LogP contribution in [0.15, 0.2) is 66.7 Å². The number of carbonyl (C=O) groups is 1. The molecule has 1 heterocycles. The number of halogens is 1. The first-order valence-electron chi connectivity index (χ1n) is 8.63. The molecule has 1 aromatic heterocycles. The lowest BCUT2D eigenvalue weighted by molar-refractivity contribution is -0.111. The second-order valence-corrected chi connectivity index (χ2v) is 6.19. The third-order valence-electron chi connectivity index (χ3n) is 4.32. The van der Waals surface area contributed by atoms with Gasteiger partial charge in [-0.2, -0.15) is 4.68 Å². The van der Waals surface area contributed by atoms with Gasteiger partial charge in [-0.25, -0.2) is 4.39 Å². The van der Waals surface area contributed by atoms with Gasteiger partial charge in [-0.3, -0.25) is 4.79 Å². The number of hydrogen-bond donors (Lipinski definition) is 1. The monoisotopic (exact) mass is 373 g/mol. The molecule has 1 N–H and O–H groups in total. The highest BCUT2D eigenvalue weighted by Gasteiger charge is 2.10. The highest BCUT2D eigenvalue weighted by Crippen LogP contribution is 2.21. The average molecular weight is 373 g/mol. The standard InChI is InChI=1S/C21H16FN5O/c1-14-24-25-26-27(14)17-10-11-19(22)20(13-17)23-21(28)12-9-16-7-4-6-15-5-2-3-8-18(15)16/h2-13H,1H3,(H,23,28)/b12-9+. The highest BCUT2D eigenvalue weighted by molar-refractivity contribution is 6.03. The minimum Gasteiger partial charge on any atom is -0.320 e. The van der Waals surface area contributed by atoms with Crippen molar-refractivity contribution in [3.05, 3.63) is 83.9 Å². The Kier molecular flexibility index (Phi) is 4.63. The molecule has 0 saturated heterocycles. The summed E-state index contributed by atoms with van der Waals surface area (Å²) in [7, 11) is 0. The third-order valence-corrected chi connectivity index (χ3v) is 4.32. The first-order chi connectivity index (χ1) is 13.6. The molecule has 0 aliphatic carbocycles. The number of rotatable bonds is 4. The molecule has 4 rings (SSSR count). The predicted molar refractivity (Wildman–Crippen MR) is 105 cm³/mol. The molecule has 7 heteroatoms. The zero-order valence-corrected chi connectivity index (χ0v) is 15.0. The second-order valence-electron chi connectivity index (χ2n) is 6.19. The van der Waals surface area contributed by atoms with E-state index in [0.717, 1.165) is 16.3 Å². The number of amides is 1. The third kappa shape index (κ3) is 3.50. The minimum atomic E-state index is -0.540. The van der Waals surface area contributed by atoms with Crippen molar-refractivity contribution < 1.29 is 9.18 Å². The van der Waals surface area contributed by atoms with Crippen molar-refractivity contribution in [2.24, 2.45) is 0 Å². The molecule has 1 amide bonds. The zero-order chi connectivity index (χ0) is 19.5. The lowest BCUT2D eigenvalue weighted by Gasteiger charge is -2.08. The molecular weight excluding hydrogens is 357 g/mol. The summed E-state index contributed by atoms with van der Waals surface area (Å²) in [6, 6.07) is 18.1. The summed E-state index contributed by atoms with van der Waals surface area (Å²) < 4.78 is 15.6. The van der Waals surface area contributed by atoms with Crippen molar-refractivity contribution >= 4 is 28.4 Å². The number of aryl methyl sites for hydroxylation is 1. The van der Waals surface area contributed by atoms with E-state index < -0.39 is 11.7 Å². The van der Waals surface area contributed by atoms with E-state index in [9.17, 15) is 9.18 Å². The number of aromatic nitrogens is 4. The Balaban J connectivity index is 1.57. The molecule has 0 unspecified atom stereocenters. The maximum Gasteiger partial charge on any atom is 0.248 e. The number of fused-ring (bicyclic) bond motifs is 1. The fourth-order valence-corrected chi connectivity index (χ4v) is 2.95. The summed E-state index contributed by atoms with van der Waals surface area (Å²) in [5, 5.41) is 15.9. The topological polar surface area (TPSA) is 72.7 Å². The van der Waals surface area contributed by atoms with Crippen molar-refractivity contribution in [1.82, 2.24) is 20.2 Å². The Bertz CT molecular complexity index is 1190. The van der Waals surface area contributed by atoms with Crippen molar-refractivity contribution in [2.45, 2.75) is 6.92 Å². The Morgan fingerprint density at radius 3 is 2.75 bits per heavy atom. The fraction of sp³-hybridized carbons (Fsp3) is 0.0476. The van der Waals surface area contributed by atoms with Crippen LogP contribution in [0.4, 0.5) is 10.1 Å². The Morgan fingerprint density at radius 2 is 1.93 bits per heavy atom. The molecule has 0 bridgehead atoms. The van der Waals surface area contributed by atoms with Gasteiger partial charge in [0.15, 0.2) is 5.82 Å². The Labute approximate surface area is 160 Å². The molecular formula is C21H16FN5O. The molecule has 0 aliphatic heterocycles. The lowest BCUT2D eigenvalue weighted by Crippen LogP contribution is -2.10. The molecule has 0 saturated carbocycles. The Morgan fingerprint density at radius 1 is 1.11 bits per heavy atom. The van der Waals surface area contributed by atoms with Gasteiger partial charge in [-0.1, -0.05) is 42.5 Å². The molecule has 6 nitrogen and oxygen atoms in total. The maximum absolute atomic E-state index is 14.1. The molecule has 138 valence electrons. The number of tetrazole rings is 1. The molecule has 4 aromatic rings. The number of anilines is 1. The zero-order valence-electron chi connectivity index (χ0n) is 15.0. The molecule has 0 atom stereocenters. The normalized spacial score (nSPS) is 11.2. The van der Waals surface area contributed by atoms with Gasteiger partial charge in [0.05, 0.1) is 11.4 Å². The van der Waals surface area contributed by atoms with Crippen LogP contribution in [0.1, 0.15) is 11.4 Å². The summed E-state index contributed by atoms with van der Waals surface area (Å²) in [6.07, 6.45) is 3.10. The number of nitrogens with zero attached hydrogens (tertiary/aromatic N) is 4. The van der Waals surface area contributed by atoms with Crippen molar-refractivity contribution in [1.29, 1.82) is 0 Å². The first-order valence-corrected chi connectivity index (χ1v) is 8.63. The molecule has 0 aliphatic rings. The van der Waals surface area contributed by atoms with E-state index in [0.29, 0.717) is 11.5 Å². The largest absolute Gasteiger partial charge is 0.320 e. The smallest absolute Gasteiger partial charge is 0.248 e. The molecule has 0 radical (unpaired) electrons. The number of carbonyl (C=O) groups excluding carboxylic acids is 1. The summed E-state index contributed by atoms with van der Waals surface area (Å²) >= 11 is 0. The number of benzene rings is 3. The van der Waals surface area contributed by atoms with E-state index in [-0.39, 0.29) is 5.69 Å². The van der Waals surface area contributed by atoms with Crippen molar-refractivity contribution in [3.63, 3.8) is 0 Å². The van der Waals surface area contributed by atoms with Gasteiger partial charge in [0.25, 0.3) is 0 Å². The molecule has 0 fully saturated rings. The molecule has 28 heavy (non-hydrogen) atoms. The van der Waals surface area contributed by atoms with Crippen molar-refractivity contribution in [2.75, 3.05) is 5.32 Å². The molecule has 0 spiro atoms. The van der Waals surface area contributed by atoms with Gasteiger partial charge in [0.1, 0.15) is 5.82 Å². The van der Waals surface area contributed by atoms with E-state index >= 15 is 0 Å². The van der Waals surface area contributed by atoms with E-state index in [1.54, 1.807) is 19.1 Å². The average Bonchev–Trinajstić information content (AvgIpc) is 3.14. The summed E-state index contributed by atoms with van der Waals surface area (Å²) in [6.45, 7) is 1.73. The van der Waals surface area contributed by atoms with Gasteiger partial charge in [0.2, 0.25) is 5.91 Å². The van der Waals surface area contributed by atoms with Crippen LogP contribution in [0.2, 0.25) is 0 Å².